The first-order valence-electron chi connectivity index (χ1n) is 19.2. The Kier molecular flexibility index (Phi) is 10.4. The lowest BCUT2D eigenvalue weighted by molar-refractivity contribution is 0.0512. The van der Waals surface area contributed by atoms with Gasteiger partial charge in [-0.1, -0.05) is 53.5 Å². The fraction of sp³-hybridized carbons (Fsp3) is 0.548. The average molecular weight is 742 g/mol. The lowest BCUT2D eigenvalue weighted by Gasteiger charge is -2.38. The van der Waals surface area contributed by atoms with Crippen molar-refractivity contribution in [1.82, 2.24) is 19.9 Å². The van der Waals surface area contributed by atoms with Gasteiger partial charge in [0.2, 0.25) is 0 Å². The minimum atomic E-state index is -2.19. The molecule has 2 aliphatic heterocycles. The predicted molar refractivity (Wildman–Crippen MR) is 211 cm³/mol. The van der Waals surface area contributed by atoms with E-state index in [1.165, 1.54) is 6.07 Å². The van der Waals surface area contributed by atoms with Crippen LogP contribution in [0.25, 0.3) is 32.9 Å². The molecule has 0 unspecified atom stereocenters. The molecule has 11 heteroatoms. The molecule has 8 nitrogen and oxygen atoms in total. The zero-order chi connectivity index (χ0) is 37.7. The van der Waals surface area contributed by atoms with Gasteiger partial charge in [-0.2, -0.15) is 4.98 Å². The third-order valence-electron chi connectivity index (χ3n) is 12.1. The highest BCUT2D eigenvalue weighted by molar-refractivity contribution is 6.90. The lowest BCUT2D eigenvalue weighted by Crippen LogP contribution is -2.43. The van der Waals surface area contributed by atoms with Crippen LogP contribution in [0.15, 0.2) is 36.5 Å². The van der Waals surface area contributed by atoms with Crippen LogP contribution in [0.3, 0.4) is 0 Å². The van der Waals surface area contributed by atoms with Gasteiger partial charge in [0.25, 0.3) is 0 Å². The summed E-state index contributed by atoms with van der Waals surface area (Å²) in [5, 5.41) is 2.27. The number of fused-ring (bicyclic) bond motifs is 3. The van der Waals surface area contributed by atoms with E-state index >= 15 is 4.39 Å². The smallest absolute Gasteiger partial charge is 0.316 e. The first kappa shape index (κ1) is 37.5. The molecular weight excluding hydrogens is 689 g/mol. The van der Waals surface area contributed by atoms with Crippen LogP contribution >= 0.6 is 0 Å². The summed E-state index contributed by atoms with van der Waals surface area (Å²) >= 11 is 0. The number of hydrogen-bond donors (Lipinski definition) is 0. The molecule has 0 amide bonds. The van der Waals surface area contributed by atoms with E-state index < -0.39 is 14.2 Å². The molecule has 3 aliphatic rings. The van der Waals surface area contributed by atoms with Gasteiger partial charge in [-0.3, -0.25) is 4.90 Å². The molecule has 2 aromatic carbocycles. The summed E-state index contributed by atoms with van der Waals surface area (Å²) in [4.78, 5) is 19.2. The van der Waals surface area contributed by atoms with Gasteiger partial charge in [-0.15, -0.1) is 5.54 Å². The monoisotopic (exact) mass is 741 g/mol. The van der Waals surface area contributed by atoms with E-state index in [1.807, 2.05) is 18.2 Å². The standard InChI is InChI=1S/C42H53F2N5O3Si/c1-26(2)53(27(3)4,28(5)6)17-14-33-36(44)13-10-29-18-32(52-25-50-8)19-34(39(29)33)37-20-38-35(40(46-37)48(7)31-11-12-31)22-45-41(47-38)51-24-42-15-9-16-49(42)23-30(43)21-42/h10,13,18-20,22,26-28,30-31H,9,11-12,15-16,21,23-25H2,1-8H3/t30-,42+/m1/s1. The molecule has 3 fully saturated rings. The van der Waals surface area contributed by atoms with Crippen LogP contribution in [0, 0.1) is 17.3 Å². The number of halogens is 2. The van der Waals surface area contributed by atoms with Crippen molar-refractivity contribution in [2.24, 2.45) is 0 Å². The molecule has 2 atom stereocenters. The zero-order valence-electron chi connectivity index (χ0n) is 32.4. The minimum Gasteiger partial charge on any atom is -0.468 e. The van der Waals surface area contributed by atoms with Gasteiger partial charge in [0.15, 0.2) is 6.79 Å². The van der Waals surface area contributed by atoms with Crippen molar-refractivity contribution in [2.45, 2.75) is 108 Å². The Labute approximate surface area is 313 Å². The molecule has 4 aromatic rings. The van der Waals surface area contributed by atoms with E-state index in [2.05, 4.69) is 74.8 Å². The number of rotatable bonds is 12. The number of alkyl halides is 1. The Hall–Kier alpha value is -3.85. The topological polar surface area (TPSA) is 72.8 Å². The molecule has 0 radical (unpaired) electrons. The molecule has 1 saturated carbocycles. The number of methoxy groups -OCH3 is 1. The molecule has 4 heterocycles. The SMILES string of the molecule is COCOc1cc(-c2cc3nc(OC[C@@]45CCCN4C[C@H](F)C5)ncc3c(N(C)C3CC3)n2)c2c(C#C[Si](C(C)C)(C(C)C)C(C)C)c(F)ccc2c1. The summed E-state index contributed by atoms with van der Waals surface area (Å²) in [7, 11) is 1.44. The summed E-state index contributed by atoms with van der Waals surface area (Å²) in [5.41, 5.74) is 6.95. The van der Waals surface area contributed by atoms with Crippen LogP contribution in [0.5, 0.6) is 11.8 Å². The Morgan fingerprint density at radius 2 is 1.79 bits per heavy atom. The van der Waals surface area contributed by atoms with Crippen molar-refractivity contribution in [3.8, 4) is 34.5 Å². The van der Waals surface area contributed by atoms with Gasteiger partial charge in [0.05, 0.1) is 27.7 Å². The van der Waals surface area contributed by atoms with Crippen LogP contribution in [-0.4, -0.2) is 86.3 Å². The van der Waals surface area contributed by atoms with Crippen LogP contribution in [0.1, 0.15) is 79.2 Å². The van der Waals surface area contributed by atoms with Crippen molar-refractivity contribution < 1.29 is 23.0 Å². The molecule has 282 valence electrons. The molecule has 53 heavy (non-hydrogen) atoms. The third kappa shape index (κ3) is 6.99. The summed E-state index contributed by atoms with van der Waals surface area (Å²) in [6.45, 7) is 15.3. The summed E-state index contributed by atoms with van der Waals surface area (Å²) in [5.74, 6) is 4.40. The highest BCUT2D eigenvalue weighted by atomic mass is 28.3. The summed E-state index contributed by atoms with van der Waals surface area (Å²) < 4.78 is 48.3. The molecular formula is C42H53F2N5O3Si. The number of nitrogens with zero attached hydrogens (tertiary/aromatic N) is 5. The maximum absolute atomic E-state index is 16.2. The molecule has 0 spiro atoms. The van der Waals surface area contributed by atoms with Gasteiger partial charge in [0.1, 0.15) is 38.2 Å². The van der Waals surface area contributed by atoms with Crippen LogP contribution in [0.4, 0.5) is 14.6 Å². The van der Waals surface area contributed by atoms with E-state index in [-0.39, 0.29) is 24.2 Å². The number of benzene rings is 2. The number of anilines is 1. The van der Waals surface area contributed by atoms with Gasteiger partial charge < -0.3 is 19.1 Å². The molecule has 1 aliphatic carbocycles. The van der Waals surface area contributed by atoms with E-state index in [4.69, 9.17) is 24.2 Å². The van der Waals surface area contributed by atoms with E-state index in [1.54, 1.807) is 19.4 Å². The number of aromatic nitrogens is 3. The normalized spacial score (nSPS) is 20.4. The van der Waals surface area contributed by atoms with Crippen LogP contribution in [-0.2, 0) is 4.74 Å². The number of hydrogen-bond acceptors (Lipinski definition) is 8. The van der Waals surface area contributed by atoms with Crippen molar-refractivity contribution in [2.75, 3.05) is 45.5 Å². The van der Waals surface area contributed by atoms with Crippen LogP contribution in [0.2, 0.25) is 16.6 Å². The Bertz CT molecular complexity index is 2040. The maximum Gasteiger partial charge on any atom is 0.316 e. The predicted octanol–water partition coefficient (Wildman–Crippen LogP) is 9.09. The molecule has 2 saturated heterocycles. The molecule has 0 N–H and O–H groups in total. The van der Waals surface area contributed by atoms with Gasteiger partial charge in [0, 0.05) is 50.3 Å². The highest BCUT2D eigenvalue weighted by Gasteiger charge is 2.49. The quantitative estimate of drug-likeness (QED) is 0.0810. The fourth-order valence-corrected chi connectivity index (χ4v) is 14.5. The zero-order valence-corrected chi connectivity index (χ0v) is 33.4. The van der Waals surface area contributed by atoms with Gasteiger partial charge in [-0.25, -0.2) is 18.7 Å². The average Bonchev–Trinajstić information content (AvgIpc) is 3.83. The van der Waals surface area contributed by atoms with E-state index in [9.17, 15) is 4.39 Å². The maximum atomic E-state index is 16.2. The minimum absolute atomic E-state index is 0.0565. The summed E-state index contributed by atoms with van der Waals surface area (Å²) in [6, 6.07) is 9.61. The third-order valence-corrected chi connectivity index (χ3v) is 18.4. The lowest BCUT2D eigenvalue weighted by atomic mass is 9.95. The Balaban J connectivity index is 1.40. The molecule has 7 rings (SSSR count). The van der Waals surface area contributed by atoms with Gasteiger partial charge in [-0.05, 0) is 78.5 Å². The van der Waals surface area contributed by atoms with E-state index in [0.29, 0.717) is 75.7 Å². The van der Waals surface area contributed by atoms with Crippen LogP contribution < -0.4 is 14.4 Å². The Morgan fingerprint density at radius 1 is 1.04 bits per heavy atom. The second-order valence-electron chi connectivity index (χ2n) is 16.3. The molecule has 0 bridgehead atoms. The molecule has 2 aromatic heterocycles. The van der Waals surface area contributed by atoms with Crippen molar-refractivity contribution in [3.63, 3.8) is 0 Å². The summed E-state index contributed by atoms with van der Waals surface area (Å²) in [6.07, 6.45) is 5.48. The largest absolute Gasteiger partial charge is 0.468 e. The van der Waals surface area contributed by atoms with E-state index in [0.717, 1.165) is 48.8 Å². The second kappa shape index (κ2) is 14.8. The van der Waals surface area contributed by atoms with Crippen molar-refractivity contribution >= 4 is 35.6 Å². The first-order valence-corrected chi connectivity index (χ1v) is 21.4. The first-order chi connectivity index (χ1) is 25.4. The van der Waals surface area contributed by atoms with Crippen molar-refractivity contribution in [1.29, 1.82) is 0 Å². The highest BCUT2D eigenvalue weighted by Crippen LogP contribution is 2.44. The second-order valence-corrected chi connectivity index (χ2v) is 21.9. The van der Waals surface area contributed by atoms with Crippen molar-refractivity contribution in [3.05, 3.63) is 47.9 Å². The number of ether oxygens (including phenoxy) is 3. The van der Waals surface area contributed by atoms with Gasteiger partial charge >= 0.3 is 6.01 Å². The number of pyridine rings is 1. The Morgan fingerprint density at radius 3 is 2.49 bits per heavy atom. The fourth-order valence-electron chi connectivity index (χ4n) is 9.31.